The van der Waals surface area contributed by atoms with Crippen molar-refractivity contribution >= 4 is 0 Å². The number of hydrogen-bond donors (Lipinski definition) is 0. The van der Waals surface area contributed by atoms with Crippen molar-refractivity contribution in [3.05, 3.63) is 35.9 Å². The molecule has 3 aliphatic rings. The van der Waals surface area contributed by atoms with Gasteiger partial charge in [0.25, 0.3) is 0 Å². The van der Waals surface area contributed by atoms with E-state index >= 15 is 0 Å². The lowest BCUT2D eigenvalue weighted by Gasteiger charge is -2.46. The molecule has 0 aromatic heterocycles. The largest absolute Gasteiger partial charge is 0.238 e. The highest BCUT2D eigenvalue weighted by Gasteiger charge is 2.56. The zero-order valence-electron chi connectivity index (χ0n) is 12.6. The molecule has 0 N–H and O–H groups in total. The Morgan fingerprint density at radius 2 is 2.05 bits per heavy atom. The van der Waals surface area contributed by atoms with Crippen molar-refractivity contribution in [3.63, 3.8) is 0 Å². The van der Waals surface area contributed by atoms with Gasteiger partial charge < -0.3 is 0 Å². The van der Waals surface area contributed by atoms with Crippen molar-refractivity contribution in [2.45, 2.75) is 51.6 Å². The van der Waals surface area contributed by atoms with Crippen LogP contribution in [0, 0.1) is 11.3 Å². The zero-order chi connectivity index (χ0) is 13.6. The second-order valence-corrected chi connectivity index (χ2v) is 7.06. The third-order valence-electron chi connectivity index (χ3n) is 6.19. The lowest BCUT2D eigenvalue weighted by atomic mass is 9.73. The summed E-state index contributed by atoms with van der Waals surface area (Å²) in [5, 5.41) is 5.42. The van der Waals surface area contributed by atoms with E-state index in [-0.39, 0.29) is 0 Å². The van der Waals surface area contributed by atoms with E-state index in [4.69, 9.17) is 0 Å². The number of hydrogen-bond acceptors (Lipinski definition) is 2. The highest BCUT2D eigenvalue weighted by molar-refractivity contribution is 5.15. The van der Waals surface area contributed by atoms with Crippen molar-refractivity contribution in [1.82, 2.24) is 10.0 Å². The van der Waals surface area contributed by atoms with Crippen LogP contribution in [0.1, 0.15) is 44.6 Å². The van der Waals surface area contributed by atoms with Crippen LogP contribution in [0.25, 0.3) is 0 Å². The molecule has 3 fully saturated rings. The molecule has 1 aliphatic carbocycles. The van der Waals surface area contributed by atoms with Gasteiger partial charge in [-0.1, -0.05) is 37.3 Å². The van der Waals surface area contributed by atoms with Gasteiger partial charge in [-0.05, 0) is 49.0 Å². The second-order valence-electron chi connectivity index (χ2n) is 7.06. The van der Waals surface area contributed by atoms with Crippen molar-refractivity contribution in [2.75, 3.05) is 13.1 Å². The molecule has 2 nitrogen and oxygen atoms in total. The van der Waals surface area contributed by atoms with Crippen molar-refractivity contribution in [1.29, 1.82) is 0 Å². The average molecular weight is 270 g/mol. The van der Waals surface area contributed by atoms with Crippen LogP contribution in [0.5, 0.6) is 0 Å². The minimum atomic E-state index is 0.647. The minimum absolute atomic E-state index is 0.647. The first kappa shape index (κ1) is 12.8. The van der Waals surface area contributed by atoms with E-state index in [9.17, 15) is 0 Å². The predicted molar refractivity (Wildman–Crippen MR) is 82.0 cm³/mol. The second kappa shape index (κ2) is 4.85. The molecule has 3 atom stereocenters. The molecule has 2 heterocycles. The number of rotatable bonds is 3. The predicted octanol–water partition coefficient (Wildman–Crippen LogP) is 3.69. The maximum Gasteiger partial charge on any atom is 0.0384 e. The molecule has 20 heavy (non-hydrogen) atoms. The Morgan fingerprint density at radius 1 is 1.20 bits per heavy atom. The first-order valence-electron chi connectivity index (χ1n) is 8.38. The van der Waals surface area contributed by atoms with Gasteiger partial charge in [0.2, 0.25) is 0 Å². The average Bonchev–Trinajstić information content (AvgIpc) is 3.04. The molecular weight excluding hydrogens is 244 g/mol. The molecular formula is C18H26N2. The van der Waals surface area contributed by atoms with Crippen molar-refractivity contribution < 1.29 is 0 Å². The quantitative estimate of drug-likeness (QED) is 0.826. The van der Waals surface area contributed by atoms with E-state index in [1.54, 1.807) is 0 Å². The molecule has 4 rings (SSSR count). The van der Waals surface area contributed by atoms with Crippen LogP contribution in [0.4, 0.5) is 0 Å². The smallest absolute Gasteiger partial charge is 0.0384 e. The van der Waals surface area contributed by atoms with Gasteiger partial charge in [-0.25, -0.2) is 10.0 Å². The molecule has 0 bridgehead atoms. The van der Waals surface area contributed by atoms with Gasteiger partial charge in [-0.2, -0.15) is 0 Å². The fourth-order valence-corrected chi connectivity index (χ4v) is 5.24. The van der Waals surface area contributed by atoms with E-state index in [0.717, 1.165) is 18.5 Å². The topological polar surface area (TPSA) is 6.48 Å². The van der Waals surface area contributed by atoms with Gasteiger partial charge in [-0.3, -0.25) is 0 Å². The van der Waals surface area contributed by atoms with Crippen molar-refractivity contribution in [2.24, 2.45) is 11.3 Å². The first-order valence-corrected chi connectivity index (χ1v) is 8.38. The molecule has 0 unspecified atom stereocenters. The van der Waals surface area contributed by atoms with Crippen LogP contribution in [-0.4, -0.2) is 29.1 Å². The monoisotopic (exact) mass is 270 g/mol. The molecule has 1 aromatic carbocycles. The van der Waals surface area contributed by atoms with Crippen LogP contribution in [-0.2, 0) is 6.54 Å². The molecule has 1 aromatic rings. The van der Waals surface area contributed by atoms with Crippen molar-refractivity contribution in [3.8, 4) is 0 Å². The molecule has 2 aliphatic heterocycles. The van der Waals surface area contributed by atoms with E-state index in [2.05, 4.69) is 47.3 Å². The number of piperidine rings is 1. The number of nitrogens with zero attached hydrogens (tertiary/aromatic N) is 2. The summed E-state index contributed by atoms with van der Waals surface area (Å²) in [4.78, 5) is 0. The van der Waals surface area contributed by atoms with Crippen LogP contribution in [0.2, 0.25) is 0 Å². The highest BCUT2D eigenvalue weighted by atomic mass is 15.7. The van der Waals surface area contributed by atoms with E-state index in [1.165, 1.54) is 50.8 Å². The Bertz CT molecular complexity index is 468. The molecule has 108 valence electrons. The van der Waals surface area contributed by atoms with Gasteiger partial charge in [-0.15, -0.1) is 0 Å². The molecule has 2 saturated heterocycles. The summed E-state index contributed by atoms with van der Waals surface area (Å²) in [5.74, 6) is 0.930. The Hall–Kier alpha value is -0.860. The Morgan fingerprint density at radius 3 is 2.85 bits per heavy atom. The lowest BCUT2D eigenvalue weighted by Crippen LogP contribution is -2.51. The number of hydrazine groups is 1. The van der Waals surface area contributed by atoms with Crippen LogP contribution >= 0.6 is 0 Å². The minimum Gasteiger partial charge on any atom is -0.238 e. The third kappa shape index (κ3) is 1.85. The maximum absolute atomic E-state index is 2.76. The maximum atomic E-state index is 2.76. The summed E-state index contributed by atoms with van der Waals surface area (Å²) in [6, 6.07) is 11.8. The summed E-state index contributed by atoms with van der Waals surface area (Å²) in [6.45, 7) is 6.11. The zero-order valence-corrected chi connectivity index (χ0v) is 12.6. The van der Waals surface area contributed by atoms with E-state index < -0.39 is 0 Å². The molecule has 2 heteroatoms. The van der Waals surface area contributed by atoms with Gasteiger partial charge >= 0.3 is 0 Å². The molecule has 0 spiro atoms. The fourth-order valence-electron chi connectivity index (χ4n) is 5.24. The summed E-state index contributed by atoms with van der Waals surface area (Å²) in [6.07, 6.45) is 7.18. The fraction of sp³-hybridized carbons (Fsp3) is 0.667. The summed E-state index contributed by atoms with van der Waals surface area (Å²) in [5.41, 5.74) is 2.11. The van der Waals surface area contributed by atoms with Crippen LogP contribution < -0.4 is 0 Å². The van der Waals surface area contributed by atoms with Gasteiger partial charge in [0.15, 0.2) is 0 Å². The Kier molecular flexibility index (Phi) is 3.12. The summed E-state index contributed by atoms with van der Waals surface area (Å²) >= 11 is 0. The highest BCUT2D eigenvalue weighted by Crippen LogP contribution is 2.55. The lowest BCUT2D eigenvalue weighted by molar-refractivity contribution is -0.0795. The first-order chi connectivity index (χ1) is 9.82. The SMILES string of the molecule is CC[C@]12CCCN3[C@H]1[C@H](CC2)CN3Cc1ccccc1. The third-order valence-corrected chi connectivity index (χ3v) is 6.19. The summed E-state index contributed by atoms with van der Waals surface area (Å²) in [7, 11) is 0. The van der Waals surface area contributed by atoms with E-state index in [1.807, 2.05) is 0 Å². The van der Waals surface area contributed by atoms with Crippen LogP contribution in [0.15, 0.2) is 30.3 Å². The Balaban J connectivity index is 1.57. The summed E-state index contributed by atoms with van der Waals surface area (Å²) < 4.78 is 0. The van der Waals surface area contributed by atoms with E-state index in [0.29, 0.717) is 5.41 Å². The van der Waals surface area contributed by atoms with Gasteiger partial charge in [0, 0.05) is 25.7 Å². The number of benzene rings is 1. The standard InChI is InChI=1S/C18H26N2/c1-2-18-10-6-12-20-17(18)16(9-11-18)14-19(20)13-15-7-4-3-5-8-15/h3-5,7-8,16-17H,2,6,9-14H2,1H3/t16-,17+,18-/m1/s1. The van der Waals surface area contributed by atoms with Gasteiger partial charge in [0.1, 0.15) is 0 Å². The molecule has 1 saturated carbocycles. The Labute approximate surface area is 122 Å². The molecule has 0 amide bonds. The molecule has 0 radical (unpaired) electrons. The van der Waals surface area contributed by atoms with Gasteiger partial charge in [0.05, 0.1) is 0 Å². The van der Waals surface area contributed by atoms with Crippen LogP contribution in [0.3, 0.4) is 0 Å². The normalized spacial score (nSPS) is 37.2.